The Kier molecular flexibility index (Phi) is 6.64. The molecule has 0 spiro atoms. The van der Waals surface area contributed by atoms with E-state index in [1.165, 1.54) is 25.3 Å². The van der Waals surface area contributed by atoms with Crippen LogP contribution in [0.2, 0.25) is 5.02 Å². The molecule has 0 aromatic heterocycles. The molecular weight excluding hydrogens is 424 g/mol. The summed E-state index contributed by atoms with van der Waals surface area (Å²) in [5.41, 5.74) is 1.88. The van der Waals surface area contributed by atoms with Crippen molar-refractivity contribution in [3.63, 3.8) is 0 Å². The number of anilines is 2. The van der Waals surface area contributed by atoms with Gasteiger partial charge in [-0.1, -0.05) is 47.5 Å². The van der Waals surface area contributed by atoms with Crippen LogP contribution >= 0.6 is 11.6 Å². The van der Waals surface area contributed by atoms with Crippen LogP contribution in [0.15, 0.2) is 77.7 Å². The van der Waals surface area contributed by atoms with E-state index in [9.17, 15) is 13.2 Å². The number of nitrogens with one attached hydrogen (secondary N) is 1. The van der Waals surface area contributed by atoms with Crippen molar-refractivity contribution in [2.24, 2.45) is 0 Å². The molecule has 0 aliphatic carbocycles. The van der Waals surface area contributed by atoms with Crippen molar-refractivity contribution in [3.05, 3.63) is 83.4 Å². The number of ether oxygens (including phenoxy) is 1. The zero-order chi connectivity index (χ0) is 21.7. The molecule has 8 heteroatoms. The number of methoxy groups -OCH3 is 1. The van der Waals surface area contributed by atoms with Gasteiger partial charge in [0.2, 0.25) is 5.91 Å². The fourth-order valence-electron chi connectivity index (χ4n) is 2.81. The lowest BCUT2D eigenvalue weighted by molar-refractivity contribution is -0.114. The van der Waals surface area contributed by atoms with Gasteiger partial charge in [0, 0.05) is 5.69 Å². The zero-order valence-corrected chi connectivity index (χ0v) is 18.1. The SMILES string of the molecule is COc1ccc(N(CC(=O)Nc2ccc(C)cc2)S(=O)(=O)c2ccccc2)cc1Cl. The Morgan fingerprint density at radius 3 is 2.30 bits per heavy atom. The average molecular weight is 445 g/mol. The molecule has 0 saturated heterocycles. The molecule has 1 N–H and O–H groups in total. The summed E-state index contributed by atoms with van der Waals surface area (Å²) in [6.07, 6.45) is 0. The molecule has 6 nitrogen and oxygen atoms in total. The van der Waals surface area contributed by atoms with Gasteiger partial charge in [-0.3, -0.25) is 9.10 Å². The van der Waals surface area contributed by atoms with E-state index >= 15 is 0 Å². The molecule has 0 fully saturated rings. The maximum atomic E-state index is 13.3. The van der Waals surface area contributed by atoms with Gasteiger partial charge >= 0.3 is 0 Å². The quantitative estimate of drug-likeness (QED) is 0.582. The third-order valence-corrected chi connectivity index (χ3v) is 6.46. The van der Waals surface area contributed by atoms with Crippen LogP contribution < -0.4 is 14.4 Å². The molecule has 0 unspecified atom stereocenters. The van der Waals surface area contributed by atoms with Gasteiger partial charge in [-0.05, 0) is 49.4 Å². The normalized spacial score (nSPS) is 11.0. The predicted octanol–water partition coefficient (Wildman–Crippen LogP) is 4.49. The van der Waals surface area contributed by atoms with E-state index in [1.807, 2.05) is 19.1 Å². The van der Waals surface area contributed by atoms with Crippen LogP contribution in [0, 0.1) is 6.92 Å². The summed E-state index contributed by atoms with van der Waals surface area (Å²) in [6, 6.07) is 19.7. The van der Waals surface area contributed by atoms with Gasteiger partial charge in [-0.15, -0.1) is 0 Å². The number of carbonyl (C=O) groups is 1. The molecule has 156 valence electrons. The van der Waals surface area contributed by atoms with Gasteiger partial charge in [-0.25, -0.2) is 8.42 Å². The number of nitrogens with zero attached hydrogens (tertiary/aromatic N) is 1. The standard InChI is InChI=1S/C22H21ClN2O4S/c1-16-8-10-17(11-9-16)24-22(26)15-25(18-12-13-21(29-2)20(23)14-18)30(27,28)19-6-4-3-5-7-19/h3-14H,15H2,1-2H3,(H,24,26). The van der Waals surface area contributed by atoms with E-state index in [-0.39, 0.29) is 15.6 Å². The molecule has 0 aliphatic heterocycles. The lowest BCUT2D eigenvalue weighted by atomic mass is 10.2. The first kappa shape index (κ1) is 21.7. The van der Waals surface area contributed by atoms with E-state index in [4.69, 9.17) is 16.3 Å². The average Bonchev–Trinajstić information content (AvgIpc) is 2.74. The maximum absolute atomic E-state index is 13.3. The van der Waals surface area contributed by atoms with Crippen LogP contribution in [0.5, 0.6) is 5.75 Å². The summed E-state index contributed by atoms with van der Waals surface area (Å²) in [4.78, 5) is 12.8. The predicted molar refractivity (Wildman–Crippen MR) is 119 cm³/mol. The summed E-state index contributed by atoms with van der Waals surface area (Å²) < 4.78 is 32.8. The van der Waals surface area contributed by atoms with Gasteiger partial charge in [0.25, 0.3) is 10.0 Å². The summed E-state index contributed by atoms with van der Waals surface area (Å²) >= 11 is 6.20. The Morgan fingerprint density at radius 2 is 1.70 bits per heavy atom. The van der Waals surface area contributed by atoms with E-state index in [2.05, 4.69) is 5.32 Å². The lowest BCUT2D eigenvalue weighted by Crippen LogP contribution is -2.38. The van der Waals surface area contributed by atoms with Gasteiger partial charge in [0.05, 0.1) is 22.7 Å². The molecule has 3 aromatic carbocycles. The highest BCUT2D eigenvalue weighted by molar-refractivity contribution is 7.92. The number of carbonyl (C=O) groups excluding carboxylic acids is 1. The van der Waals surface area contributed by atoms with Gasteiger partial charge < -0.3 is 10.1 Å². The van der Waals surface area contributed by atoms with Crippen LogP contribution in [0.4, 0.5) is 11.4 Å². The number of sulfonamides is 1. The summed E-state index contributed by atoms with van der Waals surface area (Å²) in [7, 11) is -2.54. The lowest BCUT2D eigenvalue weighted by Gasteiger charge is -2.24. The highest BCUT2D eigenvalue weighted by Gasteiger charge is 2.27. The van der Waals surface area contributed by atoms with Gasteiger partial charge in [0.15, 0.2) is 0 Å². The number of halogens is 1. The van der Waals surface area contributed by atoms with Crippen LogP contribution in [0.3, 0.4) is 0 Å². The minimum atomic E-state index is -4.01. The van der Waals surface area contributed by atoms with E-state index in [0.717, 1.165) is 9.87 Å². The monoisotopic (exact) mass is 444 g/mol. The number of hydrogen-bond donors (Lipinski definition) is 1. The smallest absolute Gasteiger partial charge is 0.264 e. The zero-order valence-electron chi connectivity index (χ0n) is 16.5. The first-order valence-electron chi connectivity index (χ1n) is 9.09. The molecule has 30 heavy (non-hydrogen) atoms. The number of amides is 1. The molecule has 1 amide bonds. The minimum Gasteiger partial charge on any atom is -0.495 e. The number of rotatable bonds is 7. The minimum absolute atomic E-state index is 0.0695. The van der Waals surface area contributed by atoms with Crippen LogP contribution in [-0.2, 0) is 14.8 Å². The molecular formula is C22H21ClN2O4S. The number of aryl methyl sites for hydroxylation is 1. The van der Waals surface area contributed by atoms with Gasteiger partial charge in [-0.2, -0.15) is 0 Å². The highest BCUT2D eigenvalue weighted by atomic mass is 35.5. The van der Waals surface area contributed by atoms with Crippen LogP contribution in [-0.4, -0.2) is 28.0 Å². The molecule has 0 atom stereocenters. The second-order valence-corrected chi connectivity index (χ2v) is 8.83. The second kappa shape index (κ2) is 9.19. The van der Waals surface area contributed by atoms with Crippen molar-refractivity contribution in [1.82, 2.24) is 0 Å². The van der Waals surface area contributed by atoms with Crippen LogP contribution in [0.25, 0.3) is 0 Å². The van der Waals surface area contributed by atoms with Crippen molar-refractivity contribution < 1.29 is 17.9 Å². The first-order chi connectivity index (χ1) is 14.3. The third-order valence-electron chi connectivity index (χ3n) is 4.38. The summed E-state index contributed by atoms with van der Waals surface area (Å²) in [6.45, 7) is 1.51. The number of hydrogen-bond acceptors (Lipinski definition) is 4. The summed E-state index contributed by atoms with van der Waals surface area (Å²) in [5, 5.41) is 2.97. The van der Waals surface area contributed by atoms with Crippen LogP contribution in [0.1, 0.15) is 5.56 Å². The van der Waals surface area contributed by atoms with Crippen molar-refractivity contribution in [1.29, 1.82) is 0 Å². The molecule has 3 aromatic rings. The molecule has 0 aliphatic rings. The largest absolute Gasteiger partial charge is 0.495 e. The topological polar surface area (TPSA) is 75.7 Å². The maximum Gasteiger partial charge on any atom is 0.264 e. The molecule has 0 radical (unpaired) electrons. The third kappa shape index (κ3) is 4.93. The Balaban J connectivity index is 1.96. The number of benzene rings is 3. The summed E-state index contributed by atoms with van der Waals surface area (Å²) in [5.74, 6) is -0.0770. The molecule has 0 saturated carbocycles. The van der Waals surface area contributed by atoms with E-state index in [0.29, 0.717) is 11.4 Å². The fourth-order valence-corrected chi connectivity index (χ4v) is 4.50. The molecule has 0 heterocycles. The van der Waals surface area contributed by atoms with Crippen molar-refractivity contribution >= 4 is 38.9 Å². The fraction of sp³-hybridized carbons (Fsp3) is 0.136. The van der Waals surface area contributed by atoms with E-state index in [1.54, 1.807) is 42.5 Å². The van der Waals surface area contributed by atoms with Crippen molar-refractivity contribution in [2.75, 3.05) is 23.3 Å². The Labute approximate surface area is 181 Å². The Morgan fingerprint density at radius 1 is 1.03 bits per heavy atom. The van der Waals surface area contributed by atoms with Crippen molar-refractivity contribution in [3.8, 4) is 5.75 Å². The van der Waals surface area contributed by atoms with Gasteiger partial charge in [0.1, 0.15) is 12.3 Å². The highest BCUT2D eigenvalue weighted by Crippen LogP contribution is 2.32. The van der Waals surface area contributed by atoms with E-state index < -0.39 is 22.5 Å². The Hall–Kier alpha value is -3.03. The molecule has 3 rings (SSSR count). The van der Waals surface area contributed by atoms with Crippen molar-refractivity contribution in [2.45, 2.75) is 11.8 Å². The molecule has 0 bridgehead atoms. The first-order valence-corrected chi connectivity index (χ1v) is 10.9. The Bertz CT molecular complexity index is 1130. The second-order valence-electron chi connectivity index (χ2n) is 6.56.